The molecule has 33 heavy (non-hydrogen) atoms. The van der Waals surface area contributed by atoms with Crippen molar-refractivity contribution in [2.45, 2.75) is 29.2 Å². The van der Waals surface area contributed by atoms with Gasteiger partial charge in [0.15, 0.2) is 5.03 Å². The van der Waals surface area contributed by atoms with E-state index in [2.05, 4.69) is 14.9 Å². The first-order valence-electron chi connectivity index (χ1n) is 11.1. The Morgan fingerprint density at radius 3 is 2.79 bits per heavy atom. The SMILES string of the molecule is CN(c1cccc2cc(C3=NCC(CN4CCC(O)CC4)S3)[nH]c12)S(=O)(=O)c1ccccn1. The molecule has 0 saturated carbocycles. The maximum absolute atomic E-state index is 13.1. The zero-order valence-electron chi connectivity index (χ0n) is 18.4. The summed E-state index contributed by atoms with van der Waals surface area (Å²) in [5.41, 5.74) is 2.23. The first-order chi connectivity index (χ1) is 15.9. The number of aliphatic hydroxyl groups is 1. The average molecular weight is 486 g/mol. The normalized spacial score (nSPS) is 20.3. The van der Waals surface area contributed by atoms with Crippen molar-refractivity contribution in [3.8, 4) is 0 Å². The van der Waals surface area contributed by atoms with E-state index in [1.807, 2.05) is 18.2 Å². The predicted molar refractivity (Wildman–Crippen MR) is 133 cm³/mol. The number of aromatic nitrogens is 2. The molecular weight excluding hydrogens is 458 g/mol. The zero-order chi connectivity index (χ0) is 23.0. The molecule has 1 unspecified atom stereocenters. The highest BCUT2D eigenvalue weighted by molar-refractivity contribution is 8.15. The molecule has 0 bridgehead atoms. The number of sulfonamides is 1. The van der Waals surface area contributed by atoms with E-state index in [1.54, 1.807) is 37.0 Å². The molecule has 174 valence electrons. The minimum atomic E-state index is -3.78. The Morgan fingerprint density at radius 1 is 1.21 bits per heavy atom. The number of piperidine rings is 1. The van der Waals surface area contributed by atoms with Crippen LogP contribution in [0.1, 0.15) is 18.5 Å². The van der Waals surface area contributed by atoms with Crippen LogP contribution in [-0.4, -0.2) is 78.0 Å². The number of benzene rings is 1. The molecule has 3 aromatic rings. The number of nitrogens with zero attached hydrogens (tertiary/aromatic N) is 4. The fourth-order valence-corrected chi connectivity index (χ4v) is 6.61. The highest BCUT2D eigenvalue weighted by Crippen LogP contribution is 2.33. The van der Waals surface area contributed by atoms with Crippen molar-refractivity contribution in [2.24, 2.45) is 4.99 Å². The lowest BCUT2D eigenvalue weighted by Gasteiger charge is -2.30. The molecule has 1 saturated heterocycles. The van der Waals surface area contributed by atoms with Crippen LogP contribution in [0.15, 0.2) is 58.7 Å². The first kappa shape index (κ1) is 22.4. The van der Waals surface area contributed by atoms with Crippen molar-refractivity contribution in [3.63, 3.8) is 0 Å². The Hall–Kier alpha value is -2.40. The molecule has 2 aliphatic heterocycles. The van der Waals surface area contributed by atoms with Crippen LogP contribution >= 0.6 is 11.8 Å². The fraction of sp³-hybridized carbons (Fsp3) is 0.391. The lowest BCUT2D eigenvalue weighted by atomic mass is 10.1. The zero-order valence-corrected chi connectivity index (χ0v) is 20.0. The molecule has 0 spiro atoms. The number of aliphatic hydroxyl groups excluding tert-OH is 1. The molecule has 2 aromatic heterocycles. The number of hydrogen-bond acceptors (Lipinski definition) is 7. The molecule has 2 aliphatic rings. The van der Waals surface area contributed by atoms with Gasteiger partial charge in [0.25, 0.3) is 10.0 Å². The summed E-state index contributed by atoms with van der Waals surface area (Å²) in [6.07, 6.45) is 2.99. The van der Waals surface area contributed by atoms with Crippen molar-refractivity contribution in [1.29, 1.82) is 0 Å². The summed E-state index contributed by atoms with van der Waals surface area (Å²) < 4.78 is 27.5. The van der Waals surface area contributed by atoms with Gasteiger partial charge in [0.2, 0.25) is 0 Å². The molecule has 1 aromatic carbocycles. The van der Waals surface area contributed by atoms with E-state index in [9.17, 15) is 13.5 Å². The highest BCUT2D eigenvalue weighted by atomic mass is 32.2. The average Bonchev–Trinajstić information content (AvgIpc) is 3.47. The molecule has 2 N–H and O–H groups in total. The summed E-state index contributed by atoms with van der Waals surface area (Å²) >= 11 is 1.76. The molecule has 0 radical (unpaired) electrons. The highest BCUT2D eigenvalue weighted by Gasteiger charge is 2.28. The number of fused-ring (bicyclic) bond motifs is 1. The van der Waals surface area contributed by atoms with E-state index >= 15 is 0 Å². The third-order valence-electron chi connectivity index (χ3n) is 6.20. The van der Waals surface area contributed by atoms with Gasteiger partial charge in [-0.2, -0.15) is 8.42 Å². The molecule has 10 heteroatoms. The number of pyridine rings is 1. The second kappa shape index (κ2) is 9.09. The van der Waals surface area contributed by atoms with E-state index in [0.29, 0.717) is 10.9 Å². The molecule has 0 aliphatic carbocycles. The van der Waals surface area contributed by atoms with Crippen LogP contribution in [0.25, 0.3) is 10.9 Å². The van der Waals surface area contributed by atoms with Gasteiger partial charge in [0.1, 0.15) is 5.04 Å². The smallest absolute Gasteiger partial charge is 0.281 e. The molecule has 1 fully saturated rings. The summed E-state index contributed by atoms with van der Waals surface area (Å²) in [4.78, 5) is 14.6. The maximum Gasteiger partial charge on any atom is 0.281 e. The van der Waals surface area contributed by atoms with Gasteiger partial charge < -0.3 is 15.0 Å². The van der Waals surface area contributed by atoms with Crippen LogP contribution in [0.2, 0.25) is 0 Å². The summed E-state index contributed by atoms with van der Waals surface area (Å²) in [6, 6.07) is 12.5. The monoisotopic (exact) mass is 485 g/mol. The molecule has 0 amide bonds. The second-order valence-corrected chi connectivity index (χ2v) is 11.7. The van der Waals surface area contributed by atoms with E-state index < -0.39 is 10.0 Å². The number of hydrogen-bond donors (Lipinski definition) is 2. The quantitative estimate of drug-likeness (QED) is 0.557. The standard InChI is InChI=1S/C23H27N5O3S2/c1-27(33(30,31)21-7-2-3-10-24-21)20-6-4-5-16-13-19(26-22(16)20)23-25-14-18(32-23)15-28-11-8-17(29)9-12-28/h2-7,10,13,17-18,26,29H,8-9,11-12,14-15H2,1H3. The number of H-pyrrole nitrogens is 1. The topological polar surface area (TPSA) is 102 Å². The van der Waals surface area contributed by atoms with E-state index in [0.717, 1.165) is 60.7 Å². The Bertz CT molecular complexity index is 1270. The van der Waals surface area contributed by atoms with Gasteiger partial charge in [-0.15, -0.1) is 0 Å². The van der Waals surface area contributed by atoms with Gasteiger partial charge in [-0.05, 0) is 37.1 Å². The van der Waals surface area contributed by atoms with Gasteiger partial charge >= 0.3 is 0 Å². The lowest BCUT2D eigenvalue weighted by Crippen LogP contribution is -2.39. The summed E-state index contributed by atoms with van der Waals surface area (Å²) in [6.45, 7) is 3.58. The van der Waals surface area contributed by atoms with Crippen LogP contribution in [-0.2, 0) is 10.0 Å². The third kappa shape index (κ3) is 4.52. The van der Waals surface area contributed by atoms with E-state index in [-0.39, 0.29) is 11.1 Å². The maximum atomic E-state index is 13.1. The lowest BCUT2D eigenvalue weighted by molar-refractivity contribution is 0.0832. The van der Waals surface area contributed by atoms with Crippen LogP contribution in [0.5, 0.6) is 0 Å². The number of para-hydroxylation sites is 1. The van der Waals surface area contributed by atoms with Crippen LogP contribution in [0, 0.1) is 0 Å². The van der Waals surface area contributed by atoms with E-state index in [1.165, 1.54) is 16.6 Å². The predicted octanol–water partition coefficient (Wildman–Crippen LogP) is 2.71. The number of rotatable bonds is 6. The minimum Gasteiger partial charge on any atom is -0.393 e. The number of anilines is 1. The Balaban J connectivity index is 1.35. The number of nitrogens with one attached hydrogen (secondary N) is 1. The van der Waals surface area contributed by atoms with Crippen LogP contribution in [0.4, 0.5) is 5.69 Å². The van der Waals surface area contributed by atoms with Crippen LogP contribution in [0.3, 0.4) is 0 Å². The second-order valence-electron chi connectivity index (χ2n) is 8.48. The third-order valence-corrected chi connectivity index (χ3v) is 9.09. The molecule has 4 heterocycles. The van der Waals surface area contributed by atoms with Gasteiger partial charge in [-0.25, -0.2) is 4.98 Å². The van der Waals surface area contributed by atoms with Gasteiger partial charge in [0.05, 0.1) is 29.5 Å². The fourth-order valence-electron chi connectivity index (χ4n) is 4.34. The summed E-state index contributed by atoms with van der Waals surface area (Å²) in [5, 5.41) is 12.0. The number of thioether (sulfide) groups is 1. The van der Waals surface area contributed by atoms with Crippen molar-refractivity contribution in [2.75, 3.05) is 37.5 Å². The van der Waals surface area contributed by atoms with Crippen molar-refractivity contribution < 1.29 is 13.5 Å². The van der Waals surface area contributed by atoms with E-state index in [4.69, 9.17) is 4.99 Å². The van der Waals surface area contributed by atoms with Gasteiger partial charge in [0, 0.05) is 43.5 Å². The van der Waals surface area contributed by atoms with Gasteiger partial charge in [-0.3, -0.25) is 9.30 Å². The molecule has 1 atom stereocenters. The summed E-state index contributed by atoms with van der Waals surface area (Å²) in [7, 11) is -2.23. The minimum absolute atomic E-state index is 0.0140. The largest absolute Gasteiger partial charge is 0.393 e. The van der Waals surface area contributed by atoms with Crippen LogP contribution < -0.4 is 4.31 Å². The number of aromatic amines is 1. The molecule has 5 rings (SSSR count). The Kier molecular flexibility index (Phi) is 6.17. The first-order valence-corrected chi connectivity index (χ1v) is 13.4. The van der Waals surface area contributed by atoms with Crippen molar-refractivity contribution in [1.82, 2.24) is 14.9 Å². The molecular formula is C23H27N5O3S2. The molecule has 8 nitrogen and oxygen atoms in total. The van der Waals surface area contributed by atoms with Crippen molar-refractivity contribution in [3.05, 3.63) is 54.4 Å². The Labute approximate surface area is 197 Å². The van der Waals surface area contributed by atoms with Gasteiger partial charge in [-0.1, -0.05) is 30.0 Å². The number of aliphatic imine (C=N–C) groups is 1. The summed E-state index contributed by atoms with van der Waals surface area (Å²) in [5.74, 6) is 0. The van der Waals surface area contributed by atoms with Crippen molar-refractivity contribution >= 4 is 43.4 Å². The Morgan fingerprint density at radius 2 is 2.03 bits per heavy atom. The number of likely N-dealkylation sites (tertiary alicyclic amines) is 1.